The number of aromatic nitrogens is 1. The van der Waals surface area contributed by atoms with Crippen LogP contribution in [0.3, 0.4) is 0 Å². The van der Waals surface area contributed by atoms with Crippen LogP contribution in [0.5, 0.6) is 0 Å². The third-order valence-electron chi connectivity index (χ3n) is 6.23. The Labute approximate surface area is 196 Å². The molecule has 3 heterocycles. The fourth-order valence-corrected chi connectivity index (χ4v) is 4.36. The second-order valence-electron chi connectivity index (χ2n) is 8.40. The molecular formula is C27H25F2N3O2. The second kappa shape index (κ2) is 9.65. The quantitative estimate of drug-likeness (QED) is 0.404. The average molecular weight is 462 g/mol. The number of rotatable bonds is 6. The number of nitrogens with zero attached hydrogens (tertiary/aromatic N) is 3. The number of amides is 1. The zero-order valence-corrected chi connectivity index (χ0v) is 18.7. The zero-order chi connectivity index (χ0) is 23.5. The predicted octanol–water partition coefficient (Wildman–Crippen LogP) is 5.03. The molecule has 1 saturated heterocycles. The van der Waals surface area contributed by atoms with Gasteiger partial charge in [-0.25, -0.2) is 8.78 Å². The molecule has 2 aromatic heterocycles. The maximum atomic E-state index is 14.3. The van der Waals surface area contributed by atoms with Crippen molar-refractivity contribution in [2.45, 2.75) is 6.54 Å². The van der Waals surface area contributed by atoms with Gasteiger partial charge in [-0.15, -0.1) is 0 Å². The van der Waals surface area contributed by atoms with Crippen molar-refractivity contribution in [2.75, 3.05) is 32.7 Å². The van der Waals surface area contributed by atoms with Crippen LogP contribution in [-0.4, -0.2) is 53.0 Å². The zero-order valence-electron chi connectivity index (χ0n) is 18.7. The van der Waals surface area contributed by atoms with E-state index in [1.165, 1.54) is 18.4 Å². The molecule has 1 fully saturated rings. The van der Waals surface area contributed by atoms with Gasteiger partial charge in [0.05, 0.1) is 18.3 Å². The van der Waals surface area contributed by atoms with E-state index in [9.17, 15) is 13.6 Å². The molecule has 0 radical (unpaired) electrons. The smallest absolute Gasteiger partial charge is 0.270 e. The Kier molecular flexibility index (Phi) is 6.27. The van der Waals surface area contributed by atoms with Gasteiger partial charge in [0, 0.05) is 50.4 Å². The molecule has 0 unspecified atom stereocenters. The summed E-state index contributed by atoms with van der Waals surface area (Å²) in [4.78, 5) is 17.5. The molecule has 1 amide bonds. The minimum atomic E-state index is -0.904. The number of furan rings is 1. The Morgan fingerprint density at radius 1 is 0.971 bits per heavy atom. The molecule has 2 aromatic carbocycles. The van der Waals surface area contributed by atoms with Crippen LogP contribution >= 0.6 is 0 Å². The topological polar surface area (TPSA) is 41.6 Å². The molecule has 1 aliphatic rings. The number of fused-ring (bicyclic) bond motifs is 1. The maximum absolute atomic E-state index is 14.3. The highest BCUT2D eigenvalue weighted by atomic mass is 19.2. The summed E-state index contributed by atoms with van der Waals surface area (Å²) in [6, 6.07) is 17.7. The van der Waals surface area contributed by atoms with Gasteiger partial charge in [0.15, 0.2) is 17.2 Å². The largest absolute Gasteiger partial charge is 0.463 e. The van der Waals surface area contributed by atoms with Crippen LogP contribution in [0.25, 0.3) is 17.2 Å². The van der Waals surface area contributed by atoms with Crippen molar-refractivity contribution in [1.82, 2.24) is 14.4 Å². The first-order valence-electron chi connectivity index (χ1n) is 11.3. The van der Waals surface area contributed by atoms with Crippen LogP contribution in [0, 0.1) is 11.6 Å². The van der Waals surface area contributed by atoms with Gasteiger partial charge in [-0.05, 0) is 11.6 Å². The van der Waals surface area contributed by atoms with Crippen LogP contribution in [0.1, 0.15) is 21.6 Å². The first-order valence-corrected chi connectivity index (χ1v) is 11.3. The second-order valence-corrected chi connectivity index (χ2v) is 8.40. The van der Waals surface area contributed by atoms with Gasteiger partial charge in [-0.1, -0.05) is 54.6 Å². The Balaban J connectivity index is 1.28. The van der Waals surface area contributed by atoms with Crippen molar-refractivity contribution in [1.29, 1.82) is 0 Å². The van der Waals surface area contributed by atoms with Gasteiger partial charge in [-0.3, -0.25) is 9.69 Å². The van der Waals surface area contributed by atoms with Crippen molar-refractivity contribution >= 4 is 23.1 Å². The molecule has 0 atom stereocenters. The third kappa shape index (κ3) is 4.52. The molecular weight excluding hydrogens is 436 g/mol. The number of carbonyl (C=O) groups excluding carboxylic acids is 1. The van der Waals surface area contributed by atoms with E-state index in [0.717, 1.165) is 31.3 Å². The lowest BCUT2D eigenvalue weighted by molar-refractivity contribution is 0.0640. The summed E-state index contributed by atoms with van der Waals surface area (Å²) >= 11 is 0. The molecule has 4 aromatic rings. The lowest BCUT2D eigenvalue weighted by Crippen LogP contribution is -2.49. The van der Waals surface area contributed by atoms with Crippen LogP contribution in [0.15, 0.2) is 77.4 Å². The maximum Gasteiger partial charge on any atom is 0.270 e. The fraction of sp³-hybridized carbons (Fsp3) is 0.222. The van der Waals surface area contributed by atoms with Crippen molar-refractivity contribution < 1.29 is 18.0 Å². The summed E-state index contributed by atoms with van der Waals surface area (Å²) in [5.74, 6) is -1.94. The lowest BCUT2D eigenvalue weighted by atomic mass is 10.2. The molecule has 5 nitrogen and oxygen atoms in total. The van der Waals surface area contributed by atoms with E-state index < -0.39 is 11.6 Å². The third-order valence-corrected chi connectivity index (χ3v) is 6.23. The van der Waals surface area contributed by atoms with Gasteiger partial charge >= 0.3 is 0 Å². The SMILES string of the molecule is O=C(c1cc2occc2n1Cc1cccc(F)c1F)N1CCN(C/C=C/c2ccccc2)CC1. The fourth-order valence-electron chi connectivity index (χ4n) is 4.36. The molecule has 174 valence electrons. The molecule has 0 spiro atoms. The minimum Gasteiger partial charge on any atom is -0.463 e. The molecule has 5 rings (SSSR count). The Bertz CT molecular complexity index is 1320. The highest BCUT2D eigenvalue weighted by Crippen LogP contribution is 2.25. The molecule has 34 heavy (non-hydrogen) atoms. The van der Waals surface area contributed by atoms with Crippen molar-refractivity contribution in [2.24, 2.45) is 0 Å². The summed E-state index contributed by atoms with van der Waals surface area (Å²) in [5.41, 5.74) is 2.98. The van der Waals surface area contributed by atoms with Crippen LogP contribution in [-0.2, 0) is 6.54 Å². The number of halogens is 2. The van der Waals surface area contributed by atoms with Crippen LogP contribution in [0.2, 0.25) is 0 Å². The van der Waals surface area contributed by atoms with Crippen molar-refractivity contribution in [3.05, 3.63) is 101 Å². The monoisotopic (exact) mass is 461 g/mol. The number of benzene rings is 2. The first kappa shape index (κ1) is 22.1. The minimum absolute atomic E-state index is 0.0396. The van der Waals surface area contributed by atoms with Crippen LogP contribution in [0.4, 0.5) is 8.78 Å². The highest BCUT2D eigenvalue weighted by Gasteiger charge is 2.26. The van der Waals surface area contributed by atoms with Crippen molar-refractivity contribution in [3.8, 4) is 0 Å². The van der Waals surface area contributed by atoms with Gasteiger partial charge < -0.3 is 13.9 Å². The lowest BCUT2D eigenvalue weighted by Gasteiger charge is -2.34. The molecule has 0 aliphatic carbocycles. The summed E-state index contributed by atoms with van der Waals surface area (Å²) < 4.78 is 35.3. The summed E-state index contributed by atoms with van der Waals surface area (Å²) in [5, 5.41) is 0. The standard InChI is InChI=1S/C27H25F2N3O2/c28-22-10-4-9-21(26(22)29)19-32-23-11-17-34-25(23)18-24(32)27(33)31-15-13-30(14-16-31)12-5-8-20-6-2-1-3-7-20/h1-11,17-18H,12-16,19H2/b8-5+. The van der Waals surface area contributed by atoms with E-state index in [1.807, 2.05) is 23.1 Å². The number of hydrogen-bond acceptors (Lipinski definition) is 3. The summed E-state index contributed by atoms with van der Waals surface area (Å²) in [7, 11) is 0. The van der Waals surface area contributed by atoms with E-state index >= 15 is 0 Å². The molecule has 0 N–H and O–H groups in total. The normalized spacial score (nSPS) is 14.9. The van der Waals surface area contributed by atoms with E-state index in [4.69, 9.17) is 4.42 Å². The number of hydrogen-bond donors (Lipinski definition) is 0. The summed E-state index contributed by atoms with van der Waals surface area (Å²) in [6.07, 6.45) is 5.77. The van der Waals surface area contributed by atoms with Gasteiger partial charge in [0.2, 0.25) is 0 Å². The van der Waals surface area contributed by atoms with Gasteiger partial charge in [0.1, 0.15) is 5.69 Å². The van der Waals surface area contributed by atoms with Gasteiger partial charge in [-0.2, -0.15) is 0 Å². The highest BCUT2D eigenvalue weighted by molar-refractivity contribution is 5.97. The molecule has 7 heteroatoms. The van der Waals surface area contributed by atoms with E-state index in [-0.39, 0.29) is 18.0 Å². The number of carbonyl (C=O) groups is 1. The molecule has 0 saturated carbocycles. The Morgan fingerprint density at radius 3 is 2.56 bits per heavy atom. The van der Waals surface area contributed by atoms with Crippen molar-refractivity contribution in [3.63, 3.8) is 0 Å². The number of piperazine rings is 1. The van der Waals surface area contributed by atoms with Gasteiger partial charge in [0.25, 0.3) is 5.91 Å². The van der Waals surface area contributed by atoms with E-state index in [1.54, 1.807) is 16.7 Å². The van der Waals surface area contributed by atoms with E-state index in [2.05, 4.69) is 29.2 Å². The van der Waals surface area contributed by atoms with E-state index in [0.29, 0.717) is 29.9 Å². The average Bonchev–Trinajstić information content (AvgIpc) is 3.45. The summed E-state index contributed by atoms with van der Waals surface area (Å²) in [6.45, 7) is 3.58. The molecule has 0 bridgehead atoms. The van der Waals surface area contributed by atoms with Crippen LogP contribution < -0.4 is 0 Å². The Morgan fingerprint density at radius 2 is 1.76 bits per heavy atom. The Hall–Kier alpha value is -3.71. The molecule has 1 aliphatic heterocycles. The first-order chi connectivity index (χ1) is 16.6. The predicted molar refractivity (Wildman–Crippen MR) is 127 cm³/mol.